The normalized spacial score (nSPS) is 20.3. The second-order valence-electron chi connectivity index (χ2n) is 5.33. The van der Waals surface area contributed by atoms with Crippen molar-refractivity contribution < 1.29 is 18.3 Å². The largest absolute Gasteiger partial charge is 0.401 e. The van der Waals surface area contributed by atoms with Crippen molar-refractivity contribution in [1.82, 2.24) is 25.2 Å². The summed E-state index contributed by atoms with van der Waals surface area (Å²) in [4.78, 5) is 1.45. The van der Waals surface area contributed by atoms with E-state index in [1.807, 2.05) is 0 Å². The molecule has 2 heterocycles. The minimum atomic E-state index is -4.12. The fourth-order valence-corrected chi connectivity index (χ4v) is 2.51. The van der Waals surface area contributed by atoms with Crippen LogP contribution in [0.25, 0.3) is 0 Å². The molecule has 1 aromatic rings. The number of halogens is 3. The van der Waals surface area contributed by atoms with E-state index >= 15 is 0 Å². The van der Waals surface area contributed by atoms with E-state index in [9.17, 15) is 13.2 Å². The number of rotatable bonds is 7. The Labute approximate surface area is 120 Å². The molecule has 0 spiro atoms. The Balaban J connectivity index is 1.65. The number of alkyl halides is 3. The molecule has 6 nitrogen and oxygen atoms in total. The van der Waals surface area contributed by atoms with Gasteiger partial charge in [0.15, 0.2) is 0 Å². The Hall–Kier alpha value is -1.19. The summed E-state index contributed by atoms with van der Waals surface area (Å²) in [5.74, 6) is 0.236. The SMILES string of the molecule is OCCn1cc(CNCC2CCN(CC(F)(F)F)C2)nn1. The van der Waals surface area contributed by atoms with E-state index in [0.717, 1.165) is 12.1 Å². The van der Waals surface area contributed by atoms with Gasteiger partial charge in [0, 0.05) is 19.3 Å². The molecule has 1 atom stereocenters. The van der Waals surface area contributed by atoms with Gasteiger partial charge < -0.3 is 10.4 Å². The number of aliphatic hydroxyl groups is 1. The molecule has 21 heavy (non-hydrogen) atoms. The van der Waals surface area contributed by atoms with E-state index < -0.39 is 12.7 Å². The maximum absolute atomic E-state index is 12.3. The molecule has 0 radical (unpaired) electrons. The molecule has 1 saturated heterocycles. The van der Waals surface area contributed by atoms with E-state index in [2.05, 4.69) is 15.6 Å². The van der Waals surface area contributed by atoms with Gasteiger partial charge in [0.05, 0.1) is 25.4 Å². The number of likely N-dealkylation sites (tertiary alicyclic amines) is 1. The summed E-state index contributed by atoms with van der Waals surface area (Å²) in [5.41, 5.74) is 0.758. The number of aliphatic hydroxyl groups excluding tert-OH is 1. The molecule has 9 heteroatoms. The third kappa shape index (κ3) is 5.60. The van der Waals surface area contributed by atoms with Crippen LogP contribution >= 0.6 is 0 Å². The molecule has 0 aromatic carbocycles. The Morgan fingerprint density at radius 2 is 2.24 bits per heavy atom. The zero-order chi connectivity index (χ0) is 15.3. The van der Waals surface area contributed by atoms with Gasteiger partial charge in [0.25, 0.3) is 0 Å². The van der Waals surface area contributed by atoms with Crippen molar-refractivity contribution in [1.29, 1.82) is 0 Å². The lowest BCUT2D eigenvalue weighted by atomic mass is 10.1. The zero-order valence-electron chi connectivity index (χ0n) is 11.7. The van der Waals surface area contributed by atoms with Gasteiger partial charge in [-0.15, -0.1) is 5.10 Å². The highest BCUT2D eigenvalue weighted by molar-refractivity contribution is 4.92. The van der Waals surface area contributed by atoms with Crippen molar-refractivity contribution in [2.24, 2.45) is 5.92 Å². The Morgan fingerprint density at radius 1 is 1.43 bits per heavy atom. The molecule has 1 unspecified atom stereocenters. The molecule has 120 valence electrons. The second-order valence-corrected chi connectivity index (χ2v) is 5.33. The number of hydrogen-bond acceptors (Lipinski definition) is 5. The van der Waals surface area contributed by atoms with Gasteiger partial charge in [-0.25, -0.2) is 4.68 Å². The monoisotopic (exact) mass is 307 g/mol. The topological polar surface area (TPSA) is 66.2 Å². The Kier molecular flexibility index (Phi) is 5.54. The van der Waals surface area contributed by atoms with Crippen molar-refractivity contribution >= 4 is 0 Å². The van der Waals surface area contributed by atoms with Crippen molar-refractivity contribution in [3.05, 3.63) is 11.9 Å². The van der Waals surface area contributed by atoms with Gasteiger partial charge in [-0.1, -0.05) is 5.21 Å². The van der Waals surface area contributed by atoms with Crippen molar-refractivity contribution in [3.63, 3.8) is 0 Å². The van der Waals surface area contributed by atoms with E-state index in [1.165, 1.54) is 4.90 Å². The van der Waals surface area contributed by atoms with Crippen LogP contribution in [0.4, 0.5) is 13.2 Å². The highest BCUT2D eigenvalue weighted by atomic mass is 19.4. The molecule has 2 rings (SSSR count). The molecule has 1 aliphatic rings. The van der Waals surface area contributed by atoms with E-state index in [-0.39, 0.29) is 12.5 Å². The highest BCUT2D eigenvalue weighted by Gasteiger charge is 2.34. The highest BCUT2D eigenvalue weighted by Crippen LogP contribution is 2.22. The molecule has 0 amide bonds. The molecular formula is C12H20F3N5O. The van der Waals surface area contributed by atoms with Gasteiger partial charge in [-0.05, 0) is 25.4 Å². The molecule has 0 aliphatic carbocycles. The van der Waals surface area contributed by atoms with Crippen LogP contribution in [0.5, 0.6) is 0 Å². The van der Waals surface area contributed by atoms with Crippen LogP contribution in [0.15, 0.2) is 6.20 Å². The maximum Gasteiger partial charge on any atom is 0.401 e. The van der Waals surface area contributed by atoms with Crippen LogP contribution in [0.1, 0.15) is 12.1 Å². The fraction of sp³-hybridized carbons (Fsp3) is 0.833. The van der Waals surface area contributed by atoms with Crippen molar-refractivity contribution in [2.75, 3.05) is 32.8 Å². The minimum absolute atomic E-state index is 0.00728. The summed E-state index contributed by atoms with van der Waals surface area (Å²) in [6.07, 6.45) is -1.60. The number of nitrogens with one attached hydrogen (secondary N) is 1. The lowest BCUT2D eigenvalue weighted by molar-refractivity contribution is -0.143. The first-order chi connectivity index (χ1) is 9.96. The molecule has 0 saturated carbocycles. The summed E-state index contributed by atoms with van der Waals surface area (Å²) >= 11 is 0. The van der Waals surface area contributed by atoms with Crippen LogP contribution in [0, 0.1) is 5.92 Å². The zero-order valence-corrected chi connectivity index (χ0v) is 11.7. The second kappa shape index (κ2) is 7.19. The van der Waals surface area contributed by atoms with Crippen LogP contribution in [-0.2, 0) is 13.1 Å². The summed E-state index contributed by atoms with van der Waals surface area (Å²) in [6.45, 7) is 1.76. The average molecular weight is 307 g/mol. The number of hydrogen-bond donors (Lipinski definition) is 2. The van der Waals surface area contributed by atoms with E-state index in [0.29, 0.717) is 32.7 Å². The number of nitrogens with zero attached hydrogens (tertiary/aromatic N) is 4. The smallest absolute Gasteiger partial charge is 0.394 e. The summed E-state index contributed by atoms with van der Waals surface area (Å²) < 4.78 is 38.4. The quantitative estimate of drug-likeness (QED) is 0.756. The van der Waals surface area contributed by atoms with Gasteiger partial charge in [-0.2, -0.15) is 13.2 Å². The van der Waals surface area contributed by atoms with Gasteiger partial charge >= 0.3 is 6.18 Å². The standard InChI is InChI=1S/C12H20F3N5O/c13-12(14,15)9-19-2-1-10(7-19)5-16-6-11-8-20(3-4-21)18-17-11/h8,10,16,21H,1-7,9H2. The predicted octanol–water partition coefficient (Wildman–Crippen LogP) is 0.244. The lowest BCUT2D eigenvalue weighted by Crippen LogP contribution is -2.33. The third-order valence-corrected chi connectivity index (χ3v) is 3.43. The maximum atomic E-state index is 12.3. The van der Waals surface area contributed by atoms with Gasteiger partial charge in [0.2, 0.25) is 0 Å². The molecule has 2 N–H and O–H groups in total. The summed E-state index contributed by atoms with van der Waals surface area (Å²) in [6, 6.07) is 0. The lowest BCUT2D eigenvalue weighted by Gasteiger charge is -2.17. The molecule has 0 bridgehead atoms. The van der Waals surface area contributed by atoms with Gasteiger partial charge in [-0.3, -0.25) is 4.90 Å². The van der Waals surface area contributed by atoms with Gasteiger partial charge in [0.1, 0.15) is 0 Å². The first-order valence-electron chi connectivity index (χ1n) is 6.96. The number of aromatic nitrogens is 3. The van der Waals surface area contributed by atoms with Crippen LogP contribution in [0.3, 0.4) is 0 Å². The first-order valence-corrected chi connectivity index (χ1v) is 6.96. The Bertz CT molecular complexity index is 437. The van der Waals surface area contributed by atoms with Crippen molar-refractivity contribution in [2.45, 2.75) is 25.7 Å². The molecule has 1 aliphatic heterocycles. The molecule has 1 fully saturated rings. The van der Waals surface area contributed by atoms with Crippen LogP contribution in [-0.4, -0.2) is 64.0 Å². The minimum Gasteiger partial charge on any atom is -0.394 e. The fourth-order valence-electron chi connectivity index (χ4n) is 2.51. The molecule has 1 aromatic heterocycles. The Morgan fingerprint density at radius 3 is 2.95 bits per heavy atom. The molecular weight excluding hydrogens is 287 g/mol. The van der Waals surface area contributed by atoms with Crippen molar-refractivity contribution in [3.8, 4) is 0 Å². The summed E-state index contributed by atoms with van der Waals surface area (Å²) in [5, 5.41) is 19.7. The third-order valence-electron chi connectivity index (χ3n) is 3.43. The van der Waals surface area contributed by atoms with Crippen LogP contribution < -0.4 is 5.32 Å². The average Bonchev–Trinajstić information content (AvgIpc) is 2.98. The van der Waals surface area contributed by atoms with Crippen LogP contribution in [0.2, 0.25) is 0 Å². The van der Waals surface area contributed by atoms with E-state index in [4.69, 9.17) is 5.11 Å². The predicted molar refractivity (Wildman–Crippen MR) is 69.4 cm³/mol. The summed E-state index contributed by atoms with van der Waals surface area (Å²) in [7, 11) is 0. The van der Waals surface area contributed by atoms with E-state index in [1.54, 1.807) is 10.9 Å². The first kappa shape index (κ1) is 16.2.